The van der Waals surface area contributed by atoms with Crippen molar-refractivity contribution < 1.29 is 24.2 Å². The quantitative estimate of drug-likeness (QED) is 0.351. The molecule has 0 spiro atoms. The highest BCUT2D eigenvalue weighted by Crippen LogP contribution is 2.42. The van der Waals surface area contributed by atoms with Crippen LogP contribution in [0, 0.1) is 10.8 Å². The molecule has 0 amide bonds. The Kier molecular flexibility index (Phi) is 16.2. The minimum atomic E-state index is -0.975. The van der Waals surface area contributed by atoms with E-state index in [9.17, 15) is 9.59 Å². The maximum absolute atomic E-state index is 13.6. The number of esters is 2. The molecule has 200 valence electrons. The SMILES string of the molecule is C.C.C.C.CCC(C)(CC(C)(C)C(=O)OCCO)C(=O)OC(C)(c1ccccc1)c1ccccc1. The molecular formula is C30H50O5. The molecule has 1 unspecified atom stereocenters. The topological polar surface area (TPSA) is 72.8 Å². The van der Waals surface area contributed by atoms with Crippen molar-refractivity contribution in [1.29, 1.82) is 0 Å². The molecule has 0 aromatic heterocycles. The van der Waals surface area contributed by atoms with Crippen molar-refractivity contribution in [3.63, 3.8) is 0 Å². The maximum atomic E-state index is 13.6. The molecule has 0 aliphatic carbocycles. The van der Waals surface area contributed by atoms with Crippen LogP contribution in [0.5, 0.6) is 0 Å². The zero-order chi connectivity index (χ0) is 23.1. The first-order chi connectivity index (χ1) is 14.6. The van der Waals surface area contributed by atoms with Gasteiger partial charge in [-0.25, -0.2) is 0 Å². The molecule has 5 heteroatoms. The molecule has 35 heavy (non-hydrogen) atoms. The number of benzene rings is 2. The van der Waals surface area contributed by atoms with Gasteiger partial charge in [0.05, 0.1) is 17.4 Å². The lowest BCUT2D eigenvalue weighted by atomic mass is 9.72. The predicted octanol–water partition coefficient (Wildman–Crippen LogP) is 7.41. The van der Waals surface area contributed by atoms with Crippen molar-refractivity contribution in [1.82, 2.24) is 0 Å². The van der Waals surface area contributed by atoms with E-state index in [0.717, 1.165) is 11.1 Å². The second kappa shape index (κ2) is 15.4. The number of hydrogen-bond donors (Lipinski definition) is 1. The molecule has 1 N–H and O–H groups in total. The van der Waals surface area contributed by atoms with Gasteiger partial charge < -0.3 is 14.6 Å². The Balaban J connectivity index is -0.00000256. The van der Waals surface area contributed by atoms with E-state index in [0.29, 0.717) is 6.42 Å². The number of aliphatic hydroxyl groups excluding tert-OH is 1. The van der Waals surface area contributed by atoms with Crippen molar-refractivity contribution >= 4 is 11.9 Å². The Morgan fingerprint density at radius 1 is 0.771 bits per heavy atom. The van der Waals surface area contributed by atoms with Gasteiger partial charge in [0, 0.05) is 0 Å². The van der Waals surface area contributed by atoms with E-state index in [1.807, 2.05) is 81.4 Å². The molecule has 2 aromatic carbocycles. The molecule has 0 radical (unpaired) electrons. The van der Waals surface area contributed by atoms with Crippen LogP contribution in [0.15, 0.2) is 60.7 Å². The number of aliphatic hydroxyl groups is 1. The lowest BCUT2D eigenvalue weighted by molar-refractivity contribution is -0.172. The molecule has 0 saturated carbocycles. The van der Waals surface area contributed by atoms with Gasteiger partial charge in [-0.05, 0) is 51.7 Å². The second-order valence-electron chi connectivity index (χ2n) is 8.99. The van der Waals surface area contributed by atoms with Crippen LogP contribution in [-0.4, -0.2) is 30.3 Å². The van der Waals surface area contributed by atoms with Gasteiger partial charge in [0.15, 0.2) is 5.60 Å². The van der Waals surface area contributed by atoms with Gasteiger partial charge >= 0.3 is 11.9 Å². The maximum Gasteiger partial charge on any atom is 0.313 e. The minimum absolute atomic E-state index is 0. The van der Waals surface area contributed by atoms with Gasteiger partial charge in [0.25, 0.3) is 0 Å². The summed E-state index contributed by atoms with van der Waals surface area (Å²) in [5, 5.41) is 8.94. The Bertz CT molecular complexity index is 821. The van der Waals surface area contributed by atoms with E-state index >= 15 is 0 Å². The third-order valence-electron chi connectivity index (χ3n) is 5.93. The first kappa shape index (κ1) is 36.9. The average Bonchev–Trinajstić information content (AvgIpc) is 2.78. The van der Waals surface area contributed by atoms with Crippen molar-refractivity contribution in [3.8, 4) is 0 Å². The lowest BCUT2D eigenvalue weighted by Crippen LogP contribution is -2.42. The summed E-state index contributed by atoms with van der Waals surface area (Å²) >= 11 is 0. The molecule has 5 nitrogen and oxygen atoms in total. The normalized spacial score (nSPS) is 12.3. The fraction of sp³-hybridized carbons (Fsp3) is 0.533. The number of hydrogen-bond acceptors (Lipinski definition) is 5. The first-order valence-electron chi connectivity index (χ1n) is 10.7. The monoisotopic (exact) mass is 490 g/mol. The largest absolute Gasteiger partial charge is 0.463 e. The Morgan fingerprint density at radius 2 is 1.20 bits per heavy atom. The summed E-state index contributed by atoms with van der Waals surface area (Å²) in [6.45, 7) is 8.85. The summed E-state index contributed by atoms with van der Waals surface area (Å²) in [6, 6.07) is 19.3. The average molecular weight is 491 g/mol. The molecule has 0 aliphatic heterocycles. The van der Waals surface area contributed by atoms with Crippen LogP contribution in [-0.2, 0) is 24.7 Å². The number of carbonyl (C=O) groups is 2. The molecule has 2 rings (SSSR count). The van der Waals surface area contributed by atoms with Crippen molar-refractivity contribution in [2.24, 2.45) is 10.8 Å². The predicted molar refractivity (Wildman–Crippen MR) is 147 cm³/mol. The molecule has 0 heterocycles. The summed E-state index contributed by atoms with van der Waals surface area (Å²) in [5.41, 5.74) is -1.04. The highest BCUT2D eigenvalue weighted by Gasteiger charge is 2.45. The Hall–Kier alpha value is -2.66. The molecule has 0 aliphatic rings. The van der Waals surface area contributed by atoms with Gasteiger partial charge in [-0.15, -0.1) is 0 Å². The zero-order valence-electron chi connectivity index (χ0n) is 19.2. The first-order valence-corrected chi connectivity index (χ1v) is 10.7. The van der Waals surface area contributed by atoms with Gasteiger partial charge in [-0.3, -0.25) is 9.59 Å². The molecular weight excluding hydrogens is 440 g/mol. The van der Waals surface area contributed by atoms with E-state index in [1.165, 1.54) is 0 Å². The zero-order valence-corrected chi connectivity index (χ0v) is 19.2. The van der Waals surface area contributed by atoms with Crippen LogP contribution in [0.1, 0.15) is 88.3 Å². The summed E-state index contributed by atoms with van der Waals surface area (Å²) in [5.74, 6) is -0.809. The van der Waals surface area contributed by atoms with Gasteiger partial charge in [-0.2, -0.15) is 0 Å². The molecule has 0 saturated heterocycles. The summed E-state index contributed by atoms with van der Waals surface area (Å²) in [4.78, 5) is 26.0. The highest BCUT2D eigenvalue weighted by molar-refractivity contribution is 5.81. The van der Waals surface area contributed by atoms with Crippen LogP contribution in [0.4, 0.5) is 0 Å². The molecule has 2 aromatic rings. The number of carbonyl (C=O) groups excluding carboxylic acids is 2. The van der Waals surface area contributed by atoms with E-state index in [2.05, 4.69) is 0 Å². The van der Waals surface area contributed by atoms with Gasteiger partial charge in [0.1, 0.15) is 6.61 Å². The van der Waals surface area contributed by atoms with Crippen LogP contribution in [0.2, 0.25) is 0 Å². The number of ether oxygens (including phenoxy) is 2. The summed E-state index contributed by atoms with van der Waals surface area (Å²) in [7, 11) is 0. The van der Waals surface area contributed by atoms with Gasteiger partial charge in [-0.1, -0.05) is 97.3 Å². The van der Waals surface area contributed by atoms with Crippen molar-refractivity contribution in [2.45, 2.75) is 82.8 Å². The Labute approximate surface area is 214 Å². The third kappa shape index (κ3) is 8.81. The van der Waals surface area contributed by atoms with E-state index in [4.69, 9.17) is 14.6 Å². The van der Waals surface area contributed by atoms with Crippen LogP contribution < -0.4 is 0 Å². The molecule has 0 fully saturated rings. The van der Waals surface area contributed by atoms with Gasteiger partial charge in [0.2, 0.25) is 0 Å². The molecule has 1 atom stereocenters. The Morgan fingerprint density at radius 3 is 1.57 bits per heavy atom. The van der Waals surface area contributed by atoms with E-state index in [1.54, 1.807) is 13.8 Å². The van der Waals surface area contributed by atoms with Crippen LogP contribution in [0.25, 0.3) is 0 Å². The smallest absolute Gasteiger partial charge is 0.313 e. The highest BCUT2D eigenvalue weighted by atomic mass is 16.6. The van der Waals surface area contributed by atoms with E-state index < -0.39 is 22.4 Å². The van der Waals surface area contributed by atoms with E-state index in [-0.39, 0.29) is 55.3 Å². The number of rotatable bonds is 10. The standard InChI is InChI=1S/C26H34O5.4CH4/c1-6-25(4,19-24(2,3)22(28)30-18-17-27)23(29)31-26(5,20-13-9-7-10-14-20)21-15-11-8-12-16-21;;;;/h7-16,27H,6,17-19H2,1-5H3;4*1H4. The van der Waals surface area contributed by atoms with Crippen LogP contribution >= 0.6 is 0 Å². The van der Waals surface area contributed by atoms with Crippen molar-refractivity contribution in [3.05, 3.63) is 71.8 Å². The third-order valence-corrected chi connectivity index (χ3v) is 5.93. The molecule has 0 bridgehead atoms. The minimum Gasteiger partial charge on any atom is -0.463 e. The lowest BCUT2D eigenvalue weighted by Gasteiger charge is -2.38. The fourth-order valence-electron chi connectivity index (χ4n) is 3.83. The second-order valence-corrected chi connectivity index (χ2v) is 8.99. The summed E-state index contributed by atoms with van der Waals surface area (Å²) in [6.07, 6.45) is 0.765. The van der Waals surface area contributed by atoms with Crippen molar-refractivity contribution in [2.75, 3.05) is 13.2 Å². The summed E-state index contributed by atoms with van der Waals surface area (Å²) < 4.78 is 11.4. The fourth-order valence-corrected chi connectivity index (χ4v) is 3.83. The van der Waals surface area contributed by atoms with Crippen LogP contribution in [0.3, 0.4) is 0 Å².